The van der Waals surface area contributed by atoms with Crippen molar-refractivity contribution in [2.75, 3.05) is 11.5 Å². The maximum atomic E-state index is 6.06. The van der Waals surface area contributed by atoms with E-state index in [1.165, 1.54) is 32.1 Å². The molecule has 0 radical (unpaired) electrons. The molecule has 4 aliphatic rings. The number of nitrogens with two attached hydrogens (primary N) is 2. The van der Waals surface area contributed by atoms with E-state index in [4.69, 9.17) is 11.5 Å². The highest BCUT2D eigenvalue weighted by Gasteiger charge is 2.49. The Labute approximate surface area is 101 Å². The Bertz CT molecular complexity index is 422. The average Bonchev–Trinajstić information content (AvgIpc) is 2.60. The van der Waals surface area contributed by atoms with E-state index in [2.05, 4.69) is 10.2 Å². The molecule has 17 heavy (non-hydrogen) atoms. The third kappa shape index (κ3) is 1.27. The molecule has 0 saturated heterocycles. The third-order valence-electron chi connectivity index (χ3n) is 5.42. The summed E-state index contributed by atoms with van der Waals surface area (Å²) in [7, 11) is 0. The van der Waals surface area contributed by atoms with Crippen molar-refractivity contribution in [1.29, 1.82) is 0 Å². The molecule has 0 amide bonds. The van der Waals surface area contributed by atoms with E-state index in [-0.39, 0.29) is 0 Å². The summed E-state index contributed by atoms with van der Waals surface area (Å²) in [6.45, 7) is 0. The molecule has 5 N–H and O–H groups in total. The lowest BCUT2D eigenvalue weighted by Crippen LogP contribution is -2.44. The standard InChI is InChI=1S/C13H20N4/c14-11-12(16-17-13(11)15)10-8-2-6-1-7(4-8)5-9(10)3-6/h6-10H,1-5,14H2,(H3,15,16,17). The van der Waals surface area contributed by atoms with Crippen molar-refractivity contribution in [3.05, 3.63) is 5.69 Å². The lowest BCUT2D eigenvalue weighted by Gasteiger charge is -2.54. The van der Waals surface area contributed by atoms with Crippen molar-refractivity contribution >= 4 is 11.5 Å². The van der Waals surface area contributed by atoms with Crippen LogP contribution in [0, 0.1) is 23.7 Å². The van der Waals surface area contributed by atoms with E-state index in [1.54, 1.807) is 0 Å². The quantitative estimate of drug-likeness (QED) is 0.693. The number of aromatic nitrogens is 2. The van der Waals surface area contributed by atoms with E-state index in [0.29, 0.717) is 17.4 Å². The van der Waals surface area contributed by atoms with E-state index in [9.17, 15) is 0 Å². The second-order valence-electron chi connectivity index (χ2n) is 6.39. The van der Waals surface area contributed by atoms with Gasteiger partial charge >= 0.3 is 0 Å². The summed E-state index contributed by atoms with van der Waals surface area (Å²) in [5.41, 5.74) is 13.7. The van der Waals surface area contributed by atoms with Crippen LogP contribution >= 0.6 is 0 Å². The highest BCUT2D eigenvalue weighted by molar-refractivity contribution is 5.62. The zero-order chi connectivity index (χ0) is 11.6. The molecule has 4 heteroatoms. The van der Waals surface area contributed by atoms with Gasteiger partial charge in [0.15, 0.2) is 5.82 Å². The second kappa shape index (κ2) is 3.18. The molecule has 92 valence electrons. The molecule has 4 nitrogen and oxygen atoms in total. The van der Waals surface area contributed by atoms with E-state index in [1.807, 2.05) is 0 Å². The smallest absolute Gasteiger partial charge is 0.168 e. The van der Waals surface area contributed by atoms with Gasteiger partial charge in [0.1, 0.15) is 0 Å². The molecule has 4 aliphatic carbocycles. The van der Waals surface area contributed by atoms with Gasteiger partial charge in [-0.25, -0.2) is 0 Å². The number of rotatable bonds is 1. The highest BCUT2D eigenvalue weighted by Crippen LogP contribution is 2.60. The van der Waals surface area contributed by atoms with Crippen LogP contribution in [0.4, 0.5) is 11.5 Å². The van der Waals surface area contributed by atoms with Gasteiger partial charge in [0.2, 0.25) is 0 Å². The van der Waals surface area contributed by atoms with Crippen LogP contribution < -0.4 is 11.5 Å². The van der Waals surface area contributed by atoms with Crippen LogP contribution in [-0.2, 0) is 0 Å². The van der Waals surface area contributed by atoms with Crippen LogP contribution in [0.1, 0.15) is 43.7 Å². The van der Waals surface area contributed by atoms with Crippen molar-refractivity contribution in [3.63, 3.8) is 0 Å². The number of aromatic amines is 1. The summed E-state index contributed by atoms with van der Waals surface area (Å²) in [5, 5.41) is 7.18. The zero-order valence-electron chi connectivity index (χ0n) is 10.0. The van der Waals surface area contributed by atoms with Crippen LogP contribution in [0.5, 0.6) is 0 Å². The molecule has 1 aromatic rings. The van der Waals surface area contributed by atoms with Gasteiger partial charge in [0.05, 0.1) is 11.4 Å². The molecule has 0 spiro atoms. The van der Waals surface area contributed by atoms with Crippen LogP contribution in [-0.4, -0.2) is 10.2 Å². The Hall–Kier alpha value is -1.19. The normalized spacial score (nSPS) is 43.2. The molecule has 0 unspecified atom stereocenters. The molecule has 1 heterocycles. The minimum atomic E-state index is 0.480. The summed E-state index contributed by atoms with van der Waals surface area (Å²) in [6, 6.07) is 0. The summed E-state index contributed by atoms with van der Waals surface area (Å²) in [4.78, 5) is 0. The molecule has 4 bridgehead atoms. The summed E-state index contributed by atoms with van der Waals surface area (Å²) in [6.07, 6.45) is 7.08. The minimum Gasteiger partial charge on any atom is -0.394 e. The van der Waals surface area contributed by atoms with E-state index >= 15 is 0 Å². The van der Waals surface area contributed by atoms with Crippen LogP contribution in [0.3, 0.4) is 0 Å². The first-order valence-electron chi connectivity index (χ1n) is 6.81. The van der Waals surface area contributed by atoms with Crippen LogP contribution in [0.15, 0.2) is 0 Å². The monoisotopic (exact) mass is 232 g/mol. The lowest BCUT2D eigenvalue weighted by molar-refractivity contribution is -0.00393. The van der Waals surface area contributed by atoms with Crippen molar-refractivity contribution in [3.8, 4) is 0 Å². The Balaban J connectivity index is 1.73. The Kier molecular flexibility index (Phi) is 1.83. The lowest BCUT2D eigenvalue weighted by atomic mass is 9.51. The van der Waals surface area contributed by atoms with Gasteiger partial charge in [0, 0.05) is 5.92 Å². The molecular formula is C13H20N4. The van der Waals surface area contributed by atoms with Gasteiger partial charge in [-0.2, -0.15) is 5.10 Å². The van der Waals surface area contributed by atoms with Gasteiger partial charge in [-0.1, -0.05) is 0 Å². The van der Waals surface area contributed by atoms with Gasteiger partial charge in [-0.05, 0) is 55.8 Å². The van der Waals surface area contributed by atoms with Gasteiger partial charge < -0.3 is 11.5 Å². The van der Waals surface area contributed by atoms with Crippen molar-refractivity contribution < 1.29 is 0 Å². The Morgan fingerprint density at radius 1 is 0.941 bits per heavy atom. The van der Waals surface area contributed by atoms with E-state index in [0.717, 1.165) is 29.4 Å². The molecular weight excluding hydrogens is 212 g/mol. The highest BCUT2D eigenvalue weighted by atomic mass is 15.2. The topological polar surface area (TPSA) is 80.7 Å². The predicted octanol–water partition coefficient (Wildman–Crippen LogP) is 2.11. The van der Waals surface area contributed by atoms with E-state index < -0.39 is 0 Å². The van der Waals surface area contributed by atoms with Crippen LogP contribution in [0.25, 0.3) is 0 Å². The maximum Gasteiger partial charge on any atom is 0.168 e. The maximum absolute atomic E-state index is 6.06. The van der Waals surface area contributed by atoms with Gasteiger partial charge in [0.25, 0.3) is 0 Å². The SMILES string of the molecule is Nc1n[nH]c(C2C3CC4CC(C3)CC2C4)c1N. The molecule has 1 aromatic heterocycles. The summed E-state index contributed by atoms with van der Waals surface area (Å²) >= 11 is 0. The molecule has 0 atom stereocenters. The second-order valence-corrected chi connectivity index (χ2v) is 6.39. The minimum absolute atomic E-state index is 0.480. The fourth-order valence-electron chi connectivity index (χ4n) is 5.03. The fraction of sp³-hybridized carbons (Fsp3) is 0.769. The zero-order valence-corrected chi connectivity index (χ0v) is 10.0. The van der Waals surface area contributed by atoms with Crippen LogP contribution in [0.2, 0.25) is 0 Å². The summed E-state index contributed by atoms with van der Waals surface area (Å²) in [5.74, 6) is 4.73. The Morgan fingerprint density at radius 3 is 2.00 bits per heavy atom. The number of hydrogen-bond acceptors (Lipinski definition) is 3. The largest absolute Gasteiger partial charge is 0.394 e. The van der Waals surface area contributed by atoms with Crippen molar-refractivity contribution in [1.82, 2.24) is 10.2 Å². The number of nitrogens with one attached hydrogen (secondary N) is 1. The number of hydrogen-bond donors (Lipinski definition) is 3. The first kappa shape index (κ1) is 9.80. The number of H-pyrrole nitrogens is 1. The number of nitrogens with zero attached hydrogens (tertiary/aromatic N) is 1. The Morgan fingerprint density at radius 2 is 1.53 bits per heavy atom. The molecule has 5 rings (SSSR count). The summed E-state index contributed by atoms with van der Waals surface area (Å²) < 4.78 is 0. The first-order valence-corrected chi connectivity index (χ1v) is 6.81. The van der Waals surface area contributed by atoms with Crippen molar-refractivity contribution in [2.24, 2.45) is 23.7 Å². The molecule has 4 saturated carbocycles. The predicted molar refractivity (Wildman–Crippen MR) is 67.2 cm³/mol. The molecule has 0 aliphatic heterocycles. The number of anilines is 2. The first-order chi connectivity index (χ1) is 8.22. The fourth-order valence-corrected chi connectivity index (χ4v) is 5.03. The average molecular weight is 232 g/mol. The van der Waals surface area contributed by atoms with Gasteiger partial charge in [-0.15, -0.1) is 0 Å². The molecule has 0 aromatic carbocycles. The number of nitrogen functional groups attached to an aromatic ring is 2. The van der Waals surface area contributed by atoms with Gasteiger partial charge in [-0.3, -0.25) is 5.10 Å². The van der Waals surface area contributed by atoms with Crippen molar-refractivity contribution in [2.45, 2.75) is 38.0 Å². The molecule has 4 fully saturated rings. The third-order valence-corrected chi connectivity index (χ3v) is 5.42.